The van der Waals surface area contributed by atoms with Crippen LogP contribution in [-0.4, -0.2) is 14.5 Å². The molecular formula is C12H10N4O3. The minimum Gasteiger partial charge on any atom is -0.482 e. The van der Waals surface area contributed by atoms with Crippen molar-refractivity contribution in [2.45, 2.75) is 6.61 Å². The number of benzene rings is 1. The molecule has 0 aliphatic rings. The molecule has 0 aliphatic heterocycles. The van der Waals surface area contributed by atoms with Gasteiger partial charge in [0.2, 0.25) is 5.82 Å². The van der Waals surface area contributed by atoms with Crippen LogP contribution in [0.25, 0.3) is 0 Å². The number of hydrogen-bond acceptors (Lipinski definition) is 5. The Balaban J connectivity index is 2.15. The van der Waals surface area contributed by atoms with Gasteiger partial charge in [-0.05, 0) is 17.1 Å². The first-order chi connectivity index (χ1) is 9.13. The lowest BCUT2D eigenvalue weighted by molar-refractivity contribution is -0.391. The lowest BCUT2D eigenvalue weighted by Gasteiger charge is -2.05. The van der Waals surface area contributed by atoms with E-state index < -0.39 is 4.92 Å². The Hall–Kier alpha value is -2.88. The molecule has 0 atom stereocenters. The minimum atomic E-state index is -0.514. The van der Waals surface area contributed by atoms with Crippen molar-refractivity contribution in [1.29, 1.82) is 5.26 Å². The summed E-state index contributed by atoms with van der Waals surface area (Å²) in [4.78, 5) is 14.1. The van der Waals surface area contributed by atoms with Crippen molar-refractivity contribution < 1.29 is 9.66 Å². The van der Waals surface area contributed by atoms with Gasteiger partial charge in [0.25, 0.3) is 0 Å². The van der Waals surface area contributed by atoms with Crippen LogP contribution in [0.5, 0.6) is 5.75 Å². The highest BCUT2D eigenvalue weighted by atomic mass is 16.6. The standard InChI is InChI=1S/C12H10N4O3/c1-15-11(14-7-12(15)16(17)18)8-19-10-5-3-2-4-9(10)6-13/h2-5,7H,8H2,1H3. The highest BCUT2D eigenvalue weighted by Gasteiger charge is 2.17. The molecule has 2 aromatic rings. The van der Waals surface area contributed by atoms with E-state index in [4.69, 9.17) is 10.00 Å². The van der Waals surface area contributed by atoms with E-state index in [-0.39, 0.29) is 12.4 Å². The number of aromatic nitrogens is 2. The predicted molar refractivity (Wildman–Crippen MR) is 65.4 cm³/mol. The second-order valence-electron chi connectivity index (χ2n) is 3.75. The maximum absolute atomic E-state index is 10.7. The Morgan fingerprint density at radius 1 is 1.53 bits per heavy atom. The van der Waals surface area contributed by atoms with Gasteiger partial charge in [0.15, 0.2) is 6.61 Å². The number of imidazole rings is 1. The number of nitrogens with zero attached hydrogens (tertiary/aromatic N) is 4. The van der Waals surface area contributed by atoms with Crippen molar-refractivity contribution in [1.82, 2.24) is 9.55 Å². The molecule has 0 aliphatic carbocycles. The maximum atomic E-state index is 10.7. The third-order valence-electron chi connectivity index (χ3n) is 2.61. The number of rotatable bonds is 4. The fourth-order valence-corrected chi connectivity index (χ4v) is 1.57. The van der Waals surface area contributed by atoms with Crippen molar-refractivity contribution in [2.24, 2.45) is 7.05 Å². The van der Waals surface area contributed by atoms with Crippen LogP contribution < -0.4 is 4.74 Å². The first-order valence-corrected chi connectivity index (χ1v) is 5.40. The van der Waals surface area contributed by atoms with Gasteiger partial charge >= 0.3 is 5.82 Å². The van der Waals surface area contributed by atoms with E-state index in [1.807, 2.05) is 6.07 Å². The molecule has 0 radical (unpaired) electrons. The molecule has 0 N–H and O–H groups in total. The molecule has 0 spiro atoms. The zero-order valence-electron chi connectivity index (χ0n) is 10.1. The van der Waals surface area contributed by atoms with E-state index in [1.54, 1.807) is 31.3 Å². The van der Waals surface area contributed by atoms with Crippen LogP contribution in [0.4, 0.5) is 5.82 Å². The molecule has 1 aromatic carbocycles. The molecule has 19 heavy (non-hydrogen) atoms. The SMILES string of the molecule is Cn1c([N+](=O)[O-])cnc1COc1ccccc1C#N. The lowest BCUT2D eigenvalue weighted by Crippen LogP contribution is -2.06. The summed E-state index contributed by atoms with van der Waals surface area (Å²) in [6.07, 6.45) is 1.18. The fourth-order valence-electron chi connectivity index (χ4n) is 1.57. The summed E-state index contributed by atoms with van der Waals surface area (Å²) in [5.41, 5.74) is 0.409. The second-order valence-corrected chi connectivity index (χ2v) is 3.75. The predicted octanol–water partition coefficient (Wildman–Crippen LogP) is 1.78. The molecule has 0 amide bonds. The summed E-state index contributed by atoms with van der Waals surface area (Å²) in [6.45, 7) is 0.0586. The monoisotopic (exact) mass is 258 g/mol. The zero-order chi connectivity index (χ0) is 13.8. The van der Waals surface area contributed by atoms with Crippen molar-refractivity contribution >= 4 is 5.82 Å². The molecule has 0 bridgehead atoms. The molecule has 0 unspecified atom stereocenters. The molecule has 7 heteroatoms. The molecule has 2 rings (SSSR count). The van der Waals surface area contributed by atoms with Crippen molar-refractivity contribution in [2.75, 3.05) is 0 Å². The smallest absolute Gasteiger partial charge is 0.342 e. The number of hydrogen-bond donors (Lipinski definition) is 0. The van der Waals surface area contributed by atoms with Crippen molar-refractivity contribution in [3.05, 3.63) is 52.0 Å². The zero-order valence-corrected chi connectivity index (χ0v) is 10.1. The summed E-state index contributed by atoms with van der Waals surface area (Å²) in [6, 6.07) is 8.79. The lowest BCUT2D eigenvalue weighted by atomic mass is 10.2. The first-order valence-electron chi connectivity index (χ1n) is 5.40. The number of nitro groups is 1. The first kappa shape index (κ1) is 12.6. The molecule has 1 aromatic heterocycles. The Bertz CT molecular complexity index is 657. The molecule has 1 heterocycles. The average molecular weight is 258 g/mol. The average Bonchev–Trinajstić information content (AvgIpc) is 2.78. The van der Waals surface area contributed by atoms with Crippen LogP contribution in [-0.2, 0) is 13.7 Å². The van der Waals surface area contributed by atoms with Gasteiger partial charge in [-0.3, -0.25) is 0 Å². The maximum Gasteiger partial charge on any atom is 0.342 e. The molecule has 0 fully saturated rings. The van der Waals surface area contributed by atoms with Crippen molar-refractivity contribution in [3.63, 3.8) is 0 Å². The number of ether oxygens (including phenoxy) is 1. The summed E-state index contributed by atoms with van der Waals surface area (Å²) < 4.78 is 6.80. The van der Waals surface area contributed by atoms with Crippen LogP contribution in [0.2, 0.25) is 0 Å². The van der Waals surface area contributed by atoms with Crippen LogP contribution in [0.15, 0.2) is 30.5 Å². The topological polar surface area (TPSA) is 94.0 Å². The summed E-state index contributed by atoms with van der Waals surface area (Å²) >= 11 is 0. The highest BCUT2D eigenvalue weighted by molar-refractivity contribution is 5.42. The third-order valence-corrected chi connectivity index (χ3v) is 2.61. The quantitative estimate of drug-likeness (QED) is 0.615. The van der Waals surface area contributed by atoms with Crippen LogP contribution >= 0.6 is 0 Å². The van der Waals surface area contributed by atoms with Gasteiger partial charge in [-0.15, -0.1) is 0 Å². The molecule has 7 nitrogen and oxygen atoms in total. The van der Waals surface area contributed by atoms with Crippen LogP contribution in [0.3, 0.4) is 0 Å². The van der Waals surface area contributed by atoms with Gasteiger partial charge in [0.1, 0.15) is 18.0 Å². The van der Waals surface area contributed by atoms with Gasteiger partial charge in [0, 0.05) is 0 Å². The fraction of sp³-hybridized carbons (Fsp3) is 0.167. The van der Waals surface area contributed by atoms with Crippen molar-refractivity contribution in [3.8, 4) is 11.8 Å². The Morgan fingerprint density at radius 3 is 2.89 bits per heavy atom. The summed E-state index contributed by atoms with van der Waals surface area (Å²) in [7, 11) is 1.54. The van der Waals surface area contributed by atoms with E-state index in [9.17, 15) is 10.1 Å². The Morgan fingerprint density at radius 2 is 2.26 bits per heavy atom. The normalized spacial score (nSPS) is 9.89. The summed E-state index contributed by atoms with van der Waals surface area (Å²) in [5.74, 6) is 0.738. The van der Waals surface area contributed by atoms with Gasteiger partial charge in [0.05, 0.1) is 12.6 Å². The van der Waals surface area contributed by atoms with Gasteiger partial charge < -0.3 is 14.9 Å². The summed E-state index contributed by atoms with van der Waals surface area (Å²) in [5, 5.41) is 19.6. The van der Waals surface area contributed by atoms with Crippen LogP contribution in [0, 0.1) is 21.4 Å². The molecule has 96 valence electrons. The third kappa shape index (κ3) is 2.52. The Kier molecular flexibility index (Phi) is 3.43. The van der Waals surface area contributed by atoms with Crippen LogP contribution in [0.1, 0.15) is 11.4 Å². The second kappa shape index (κ2) is 5.18. The molecular weight excluding hydrogens is 248 g/mol. The Labute approximate surface area is 108 Å². The van der Waals surface area contributed by atoms with E-state index in [1.165, 1.54) is 10.8 Å². The number of para-hydroxylation sites is 1. The molecule has 0 saturated heterocycles. The molecule has 0 saturated carbocycles. The van der Waals surface area contributed by atoms with E-state index >= 15 is 0 Å². The van der Waals surface area contributed by atoms with Gasteiger partial charge in [-0.2, -0.15) is 5.26 Å². The number of nitriles is 1. The van der Waals surface area contributed by atoms with Gasteiger partial charge in [-0.25, -0.2) is 9.55 Å². The largest absolute Gasteiger partial charge is 0.482 e. The van der Waals surface area contributed by atoms with E-state index in [0.717, 1.165) is 0 Å². The van der Waals surface area contributed by atoms with Gasteiger partial charge in [-0.1, -0.05) is 12.1 Å². The van der Waals surface area contributed by atoms with E-state index in [2.05, 4.69) is 4.98 Å². The minimum absolute atomic E-state index is 0.0586. The highest BCUT2D eigenvalue weighted by Crippen LogP contribution is 2.19. The van der Waals surface area contributed by atoms with E-state index in [0.29, 0.717) is 17.1 Å².